The first-order valence-electron chi connectivity index (χ1n) is 3.58. The topological polar surface area (TPSA) is 35.5 Å². The van der Waals surface area contributed by atoms with Gasteiger partial charge in [0.1, 0.15) is 0 Å². The van der Waals surface area contributed by atoms with Crippen LogP contribution in [0.25, 0.3) is 0 Å². The number of hydrogen-bond acceptors (Lipinski definition) is 3. The molecule has 6 heteroatoms. The molecule has 0 bridgehead atoms. The molecule has 0 aliphatic carbocycles. The molecule has 1 heterocycles. The van der Waals surface area contributed by atoms with Gasteiger partial charge in [-0.25, -0.2) is 0 Å². The first-order chi connectivity index (χ1) is 6.61. The van der Waals surface area contributed by atoms with Crippen LogP contribution in [0.5, 0.6) is 11.5 Å². The Bertz CT molecular complexity index is 420. The van der Waals surface area contributed by atoms with E-state index in [0.717, 1.165) is 0 Å². The Morgan fingerprint density at radius 2 is 2.07 bits per heavy atom. The zero-order chi connectivity index (χ0) is 10.3. The zero-order valence-corrected chi connectivity index (χ0v) is 10.6. The fraction of sp³-hybridized carbons (Fsp3) is 0.125. The third kappa shape index (κ3) is 1.53. The zero-order valence-electron chi connectivity index (χ0n) is 6.64. The lowest BCUT2D eigenvalue weighted by Gasteiger charge is -2.05. The summed E-state index contributed by atoms with van der Waals surface area (Å²) in [4.78, 5) is 11.0. The van der Waals surface area contributed by atoms with E-state index in [1.54, 1.807) is 6.07 Å². The molecule has 0 saturated carbocycles. The number of rotatable bonds is 1. The Balaban J connectivity index is 2.67. The predicted octanol–water partition coefficient (Wildman–Crippen LogP) is 3.32. The molecule has 1 aliphatic heterocycles. The monoisotopic (exact) mass is 340 g/mol. The van der Waals surface area contributed by atoms with E-state index in [0.29, 0.717) is 26.0 Å². The van der Waals surface area contributed by atoms with Gasteiger partial charge >= 0.3 is 0 Å². The maximum Gasteiger partial charge on any atom is 0.253 e. The van der Waals surface area contributed by atoms with Gasteiger partial charge in [0.2, 0.25) is 6.79 Å². The van der Waals surface area contributed by atoms with E-state index in [1.165, 1.54) is 0 Å². The first-order valence-corrected chi connectivity index (χ1v) is 5.55. The molecule has 0 spiro atoms. The minimum atomic E-state index is -0.545. The lowest BCUT2D eigenvalue weighted by molar-refractivity contribution is 0.108. The van der Waals surface area contributed by atoms with Crippen LogP contribution in [0, 0.1) is 0 Å². The average molecular weight is 342 g/mol. The molecule has 2 rings (SSSR count). The maximum atomic E-state index is 11.0. The molecular formula is C8H3Br2ClO3. The smallest absolute Gasteiger partial charge is 0.253 e. The van der Waals surface area contributed by atoms with Crippen molar-refractivity contribution in [3.05, 3.63) is 20.6 Å². The van der Waals surface area contributed by atoms with Crippen molar-refractivity contribution in [3.8, 4) is 11.5 Å². The van der Waals surface area contributed by atoms with Gasteiger partial charge in [-0.2, -0.15) is 0 Å². The van der Waals surface area contributed by atoms with Gasteiger partial charge in [0, 0.05) is 4.47 Å². The summed E-state index contributed by atoms with van der Waals surface area (Å²) in [6.45, 7) is 0.153. The summed E-state index contributed by atoms with van der Waals surface area (Å²) in [5, 5.41) is -0.545. The van der Waals surface area contributed by atoms with E-state index in [2.05, 4.69) is 31.9 Å². The van der Waals surface area contributed by atoms with Crippen LogP contribution in [0.1, 0.15) is 10.4 Å². The summed E-state index contributed by atoms with van der Waals surface area (Å²) in [6.07, 6.45) is 0. The van der Waals surface area contributed by atoms with E-state index in [9.17, 15) is 4.79 Å². The lowest BCUT2D eigenvalue weighted by Crippen LogP contribution is -1.93. The summed E-state index contributed by atoms with van der Waals surface area (Å²) in [5.41, 5.74) is 0.350. The molecule has 0 unspecified atom stereocenters. The van der Waals surface area contributed by atoms with Crippen LogP contribution in [-0.2, 0) is 0 Å². The van der Waals surface area contributed by atoms with Crippen LogP contribution >= 0.6 is 43.5 Å². The number of benzene rings is 1. The highest BCUT2D eigenvalue weighted by Gasteiger charge is 2.23. The van der Waals surface area contributed by atoms with Crippen molar-refractivity contribution in [2.45, 2.75) is 0 Å². The largest absolute Gasteiger partial charge is 0.454 e. The van der Waals surface area contributed by atoms with Crippen LogP contribution in [0.3, 0.4) is 0 Å². The standard InChI is InChI=1S/C8H3Br2ClO3/c9-5-3(8(11)12)1-4-7(6(5)10)14-2-13-4/h1H,2H2. The van der Waals surface area contributed by atoms with Crippen LogP contribution in [0.4, 0.5) is 0 Å². The van der Waals surface area contributed by atoms with Gasteiger partial charge in [0.25, 0.3) is 5.24 Å². The van der Waals surface area contributed by atoms with E-state index in [4.69, 9.17) is 21.1 Å². The molecule has 0 radical (unpaired) electrons. The van der Waals surface area contributed by atoms with Crippen molar-refractivity contribution in [1.82, 2.24) is 0 Å². The van der Waals surface area contributed by atoms with Crippen molar-refractivity contribution in [1.29, 1.82) is 0 Å². The summed E-state index contributed by atoms with van der Waals surface area (Å²) in [6, 6.07) is 1.55. The molecule has 0 fully saturated rings. The third-order valence-corrected chi connectivity index (χ3v) is 4.07. The predicted molar refractivity (Wildman–Crippen MR) is 58.1 cm³/mol. The fourth-order valence-electron chi connectivity index (χ4n) is 1.12. The van der Waals surface area contributed by atoms with Crippen molar-refractivity contribution >= 4 is 48.7 Å². The molecule has 3 nitrogen and oxygen atoms in total. The second-order valence-corrected chi connectivity index (χ2v) is 4.49. The SMILES string of the molecule is O=C(Cl)c1cc2c(c(Br)c1Br)OCO2. The minimum Gasteiger partial charge on any atom is -0.454 e. The third-order valence-electron chi connectivity index (χ3n) is 1.76. The van der Waals surface area contributed by atoms with E-state index in [1.807, 2.05) is 0 Å². The van der Waals surface area contributed by atoms with Gasteiger partial charge in [-0.3, -0.25) is 4.79 Å². The molecule has 0 atom stereocenters. The normalized spacial score (nSPS) is 13.1. The van der Waals surface area contributed by atoms with Crippen LogP contribution in [0.15, 0.2) is 15.0 Å². The number of halogens is 3. The molecule has 1 aromatic rings. The van der Waals surface area contributed by atoms with E-state index in [-0.39, 0.29) is 6.79 Å². The average Bonchev–Trinajstić information content (AvgIpc) is 2.58. The molecule has 1 aromatic carbocycles. The van der Waals surface area contributed by atoms with Gasteiger partial charge in [0.15, 0.2) is 11.5 Å². The van der Waals surface area contributed by atoms with Crippen LogP contribution < -0.4 is 9.47 Å². The van der Waals surface area contributed by atoms with Gasteiger partial charge in [0.05, 0.1) is 10.0 Å². The van der Waals surface area contributed by atoms with Crippen LogP contribution in [0.2, 0.25) is 0 Å². The Hall–Kier alpha value is -0.260. The van der Waals surface area contributed by atoms with Crippen LogP contribution in [-0.4, -0.2) is 12.0 Å². The number of carbonyl (C=O) groups excluding carboxylic acids is 1. The number of hydrogen-bond donors (Lipinski definition) is 0. The van der Waals surface area contributed by atoms with Gasteiger partial charge < -0.3 is 9.47 Å². The van der Waals surface area contributed by atoms with Crippen molar-refractivity contribution in [3.63, 3.8) is 0 Å². The second kappa shape index (κ2) is 3.72. The molecule has 1 aliphatic rings. The van der Waals surface area contributed by atoms with Crippen molar-refractivity contribution in [2.75, 3.05) is 6.79 Å². The summed E-state index contributed by atoms with van der Waals surface area (Å²) < 4.78 is 11.5. The van der Waals surface area contributed by atoms with Crippen molar-refractivity contribution < 1.29 is 14.3 Å². The molecule has 0 amide bonds. The summed E-state index contributed by atoms with van der Waals surface area (Å²) >= 11 is 11.9. The fourth-order valence-corrected chi connectivity index (χ4v) is 2.38. The van der Waals surface area contributed by atoms with Gasteiger partial charge in [-0.15, -0.1) is 0 Å². The number of fused-ring (bicyclic) bond motifs is 1. The Labute approximate surface area is 102 Å². The summed E-state index contributed by atoms with van der Waals surface area (Å²) in [5.74, 6) is 1.10. The number of ether oxygens (including phenoxy) is 2. The van der Waals surface area contributed by atoms with E-state index >= 15 is 0 Å². The number of carbonyl (C=O) groups is 1. The summed E-state index contributed by atoms with van der Waals surface area (Å²) in [7, 11) is 0. The lowest BCUT2D eigenvalue weighted by atomic mass is 10.2. The highest BCUT2D eigenvalue weighted by Crippen LogP contribution is 2.45. The molecule has 0 aromatic heterocycles. The maximum absolute atomic E-state index is 11.0. The molecule has 74 valence electrons. The molecule has 0 N–H and O–H groups in total. The quantitative estimate of drug-likeness (QED) is 0.735. The molecule has 14 heavy (non-hydrogen) atoms. The van der Waals surface area contributed by atoms with Crippen molar-refractivity contribution in [2.24, 2.45) is 0 Å². The molecule has 0 saturated heterocycles. The second-order valence-electron chi connectivity index (χ2n) is 2.56. The Morgan fingerprint density at radius 1 is 1.36 bits per heavy atom. The highest BCUT2D eigenvalue weighted by molar-refractivity contribution is 9.13. The van der Waals surface area contributed by atoms with Gasteiger partial charge in [-0.05, 0) is 49.5 Å². The Kier molecular flexibility index (Phi) is 2.72. The minimum absolute atomic E-state index is 0.153. The Morgan fingerprint density at radius 3 is 2.71 bits per heavy atom. The molecular weight excluding hydrogens is 339 g/mol. The van der Waals surface area contributed by atoms with E-state index < -0.39 is 5.24 Å². The van der Waals surface area contributed by atoms with Gasteiger partial charge in [-0.1, -0.05) is 0 Å². The first kappa shape index (κ1) is 10.3. The highest BCUT2D eigenvalue weighted by atomic mass is 79.9.